The Kier molecular flexibility index (Phi) is 2.90. The number of oxazole rings is 1. The third-order valence-corrected chi connectivity index (χ3v) is 3.59. The zero-order chi connectivity index (χ0) is 9.10. The van der Waals surface area contributed by atoms with Crippen LogP contribution in [0.25, 0.3) is 0 Å². The lowest BCUT2D eigenvalue weighted by Gasteiger charge is -2.25. The first-order valence-corrected chi connectivity index (χ1v) is 5.48. The largest absolute Gasteiger partial charge is 0.440 e. The van der Waals surface area contributed by atoms with Gasteiger partial charge in [-0.25, -0.2) is 4.98 Å². The molecule has 1 aliphatic rings. The number of rotatable bonds is 2. The molecule has 2 atom stereocenters. The van der Waals surface area contributed by atoms with Crippen molar-refractivity contribution in [3.05, 3.63) is 12.5 Å². The molecule has 2 unspecified atom stereocenters. The van der Waals surface area contributed by atoms with Gasteiger partial charge in [0.15, 0.2) is 0 Å². The summed E-state index contributed by atoms with van der Waals surface area (Å²) < 4.78 is 5.13. The van der Waals surface area contributed by atoms with Gasteiger partial charge in [-0.15, -0.1) is 0 Å². The predicted molar refractivity (Wildman–Crippen MR) is 50.6 cm³/mol. The fourth-order valence-corrected chi connectivity index (χ4v) is 2.68. The molecule has 4 heteroatoms. The monoisotopic (exact) mass is 199 g/mol. The Labute approximate surface area is 81.5 Å². The highest BCUT2D eigenvalue weighted by Crippen LogP contribution is 2.32. The van der Waals surface area contributed by atoms with Crippen molar-refractivity contribution in [2.45, 2.75) is 42.3 Å². The van der Waals surface area contributed by atoms with Crippen molar-refractivity contribution in [3.8, 4) is 0 Å². The molecule has 1 fully saturated rings. The van der Waals surface area contributed by atoms with Crippen LogP contribution >= 0.6 is 11.8 Å². The third kappa shape index (κ3) is 2.25. The van der Waals surface area contributed by atoms with E-state index < -0.39 is 0 Å². The lowest BCUT2D eigenvalue weighted by molar-refractivity contribution is 0.136. The molecule has 2 rings (SSSR count). The van der Waals surface area contributed by atoms with Gasteiger partial charge in [0.2, 0.25) is 0 Å². The van der Waals surface area contributed by atoms with Crippen molar-refractivity contribution < 1.29 is 9.52 Å². The molecular weight excluding hydrogens is 186 g/mol. The average molecular weight is 199 g/mol. The summed E-state index contributed by atoms with van der Waals surface area (Å²) in [6.07, 6.45) is 7.34. The van der Waals surface area contributed by atoms with Gasteiger partial charge in [0.1, 0.15) is 6.26 Å². The van der Waals surface area contributed by atoms with E-state index in [2.05, 4.69) is 4.98 Å². The molecule has 0 aliphatic heterocycles. The predicted octanol–water partition coefficient (Wildman–Crippen LogP) is 2.07. The summed E-state index contributed by atoms with van der Waals surface area (Å²) in [4.78, 5) is 4.03. The Morgan fingerprint density at radius 3 is 3.00 bits per heavy atom. The van der Waals surface area contributed by atoms with E-state index in [0.29, 0.717) is 5.22 Å². The van der Waals surface area contributed by atoms with E-state index in [0.717, 1.165) is 19.3 Å². The van der Waals surface area contributed by atoms with Gasteiger partial charge in [0.05, 0.1) is 12.3 Å². The van der Waals surface area contributed by atoms with Crippen LogP contribution < -0.4 is 0 Å². The Morgan fingerprint density at radius 1 is 1.46 bits per heavy atom. The van der Waals surface area contributed by atoms with E-state index in [4.69, 9.17) is 4.42 Å². The van der Waals surface area contributed by atoms with Crippen LogP contribution in [0.4, 0.5) is 0 Å². The van der Waals surface area contributed by atoms with Gasteiger partial charge in [0.25, 0.3) is 5.22 Å². The molecule has 13 heavy (non-hydrogen) atoms. The normalized spacial score (nSPS) is 29.0. The number of nitrogens with zero attached hydrogens (tertiary/aromatic N) is 1. The van der Waals surface area contributed by atoms with Gasteiger partial charge >= 0.3 is 0 Å². The van der Waals surface area contributed by atoms with E-state index >= 15 is 0 Å². The quantitative estimate of drug-likeness (QED) is 0.792. The number of aromatic nitrogens is 1. The van der Waals surface area contributed by atoms with Gasteiger partial charge in [-0.2, -0.15) is 0 Å². The van der Waals surface area contributed by atoms with Crippen LogP contribution in [0.2, 0.25) is 0 Å². The molecule has 1 aromatic rings. The highest BCUT2D eigenvalue weighted by atomic mass is 32.2. The molecule has 72 valence electrons. The molecule has 1 N–H and O–H groups in total. The Bertz CT molecular complexity index is 250. The fraction of sp³-hybridized carbons (Fsp3) is 0.667. The average Bonchev–Trinajstić information content (AvgIpc) is 2.61. The van der Waals surface area contributed by atoms with Crippen molar-refractivity contribution in [1.82, 2.24) is 4.98 Å². The molecule has 1 saturated carbocycles. The number of aliphatic hydroxyl groups excluding tert-OH is 1. The molecule has 0 saturated heterocycles. The zero-order valence-electron chi connectivity index (χ0n) is 7.35. The lowest BCUT2D eigenvalue weighted by atomic mass is 9.97. The van der Waals surface area contributed by atoms with Crippen molar-refractivity contribution >= 4 is 11.8 Å². The van der Waals surface area contributed by atoms with Crippen LogP contribution in [0, 0.1) is 0 Å². The summed E-state index contributed by atoms with van der Waals surface area (Å²) in [7, 11) is 0. The summed E-state index contributed by atoms with van der Waals surface area (Å²) in [5.41, 5.74) is 0. The second-order valence-corrected chi connectivity index (χ2v) is 4.50. The first-order valence-electron chi connectivity index (χ1n) is 4.60. The molecule has 3 nitrogen and oxygen atoms in total. The molecule has 1 heterocycles. The maximum Gasteiger partial charge on any atom is 0.255 e. The van der Waals surface area contributed by atoms with Crippen LogP contribution in [0.5, 0.6) is 0 Å². The summed E-state index contributed by atoms with van der Waals surface area (Å²) in [6.45, 7) is 0. The number of hydrogen-bond donors (Lipinski definition) is 1. The fourth-order valence-electron chi connectivity index (χ4n) is 1.61. The van der Waals surface area contributed by atoms with Crippen molar-refractivity contribution in [1.29, 1.82) is 0 Å². The van der Waals surface area contributed by atoms with Crippen molar-refractivity contribution in [2.75, 3.05) is 0 Å². The molecule has 1 aliphatic carbocycles. The molecule has 0 amide bonds. The minimum absolute atomic E-state index is 0.189. The van der Waals surface area contributed by atoms with Gasteiger partial charge in [-0.3, -0.25) is 0 Å². The summed E-state index contributed by atoms with van der Waals surface area (Å²) >= 11 is 1.55. The zero-order valence-corrected chi connectivity index (χ0v) is 8.17. The van der Waals surface area contributed by atoms with Crippen LogP contribution in [0.3, 0.4) is 0 Å². The van der Waals surface area contributed by atoms with Crippen LogP contribution in [-0.2, 0) is 0 Å². The highest BCUT2D eigenvalue weighted by molar-refractivity contribution is 7.99. The molecular formula is C9H13NO2S. The summed E-state index contributed by atoms with van der Waals surface area (Å²) in [5, 5.41) is 10.6. The standard InChI is InChI=1S/C9H13NO2S/c11-7-3-1-2-4-8(7)13-9-10-5-6-12-9/h5-8,11H,1-4H2. The second-order valence-electron chi connectivity index (χ2n) is 3.31. The maximum atomic E-state index is 9.68. The first-order chi connectivity index (χ1) is 6.36. The molecule has 0 bridgehead atoms. The van der Waals surface area contributed by atoms with Crippen LogP contribution in [0.15, 0.2) is 22.1 Å². The van der Waals surface area contributed by atoms with Crippen LogP contribution in [0.1, 0.15) is 25.7 Å². The topological polar surface area (TPSA) is 46.3 Å². The molecule has 1 aromatic heterocycles. The molecule has 0 aromatic carbocycles. The van der Waals surface area contributed by atoms with E-state index in [-0.39, 0.29) is 11.4 Å². The van der Waals surface area contributed by atoms with Gasteiger partial charge < -0.3 is 9.52 Å². The van der Waals surface area contributed by atoms with Crippen molar-refractivity contribution in [2.24, 2.45) is 0 Å². The van der Waals surface area contributed by atoms with E-state index in [9.17, 15) is 5.11 Å². The first kappa shape index (κ1) is 9.09. The van der Waals surface area contributed by atoms with Gasteiger partial charge in [0, 0.05) is 5.25 Å². The summed E-state index contributed by atoms with van der Waals surface area (Å²) in [6, 6.07) is 0. The second kappa shape index (κ2) is 4.15. The maximum absolute atomic E-state index is 9.68. The number of aliphatic hydroxyl groups is 1. The van der Waals surface area contributed by atoms with Crippen molar-refractivity contribution in [3.63, 3.8) is 0 Å². The van der Waals surface area contributed by atoms with E-state index in [1.807, 2.05) is 0 Å². The highest BCUT2D eigenvalue weighted by Gasteiger charge is 2.25. The SMILES string of the molecule is OC1CCCCC1Sc1ncco1. The van der Waals surface area contributed by atoms with Gasteiger partial charge in [-0.05, 0) is 12.8 Å². The molecule has 0 spiro atoms. The molecule has 0 radical (unpaired) electrons. The smallest absolute Gasteiger partial charge is 0.255 e. The van der Waals surface area contributed by atoms with Gasteiger partial charge in [-0.1, -0.05) is 24.6 Å². The third-order valence-electron chi connectivity index (χ3n) is 2.33. The Balaban J connectivity index is 1.93. The van der Waals surface area contributed by atoms with E-state index in [1.54, 1.807) is 24.2 Å². The van der Waals surface area contributed by atoms with Crippen LogP contribution in [-0.4, -0.2) is 21.4 Å². The van der Waals surface area contributed by atoms with E-state index in [1.165, 1.54) is 6.42 Å². The Morgan fingerprint density at radius 2 is 2.31 bits per heavy atom. The minimum Gasteiger partial charge on any atom is -0.440 e. The summed E-state index contributed by atoms with van der Waals surface area (Å²) in [5.74, 6) is 0. The number of hydrogen-bond acceptors (Lipinski definition) is 4. The lowest BCUT2D eigenvalue weighted by Crippen LogP contribution is -2.26. The Hall–Kier alpha value is -0.480. The minimum atomic E-state index is -0.189. The number of thioether (sulfide) groups is 1.